The van der Waals surface area contributed by atoms with Crippen molar-refractivity contribution in [3.63, 3.8) is 0 Å². The van der Waals surface area contributed by atoms with Gasteiger partial charge in [-0.05, 0) is 25.5 Å². The number of morpholine rings is 1. The number of hydrogen-bond acceptors (Lipinski definition) is 3. The van der Waals surface area contributed by atoms with E-state index >= 15 is 0 Å². The molecule has 1 amide bonds. The number of nitrogens with one attached hydrogen (secondary N) is 1. The van der Waals surface area contributed by atoms with Gasteiger partial charge in [0.2, 0.25) is 5.91 Å². The number of ether oxygens (including phenoxy) is 2. The molecule has 1 fully saturated rings. The van der Waals surface area contributed by atoms with Crippen LogP contribution in [0.3, 0.4) is 0 Å². The number of carbonyl (C=O) groups excluding carboxylic acids is 1. The molecule has 2 rings (SSSR count). The summed E-state index contributed by atoms with van der Waals surface area (Å²) in [5, 5.41) is 3.16. The molecule has 1 heterocycles. The Kier molecular flexibility index (Phi) is 4.78. The molecule has 1 aromatic rings. The average molecular weight is 318 g/mol. The Hall–Kier alpha value is -0.970. The van der Waals surface area contributed by atoms with E-state index in [0.29, 0.717) is 17.3 Å². The highest BCUT2D eigenvalue weighted by atomic mass is 35.5. The third-order valence-electron chi connectivity index (χ3n) is 3.41. The van der Waals surface area contributed by atoms with E-state index in [4.69, 9.17) is 32.7 Å². The minimum absolute atomic E-state index is 0.0333. The van der Waals surface area contributed by atoms with Crippen LogP contribution in [0.25, 0.3) is 0 Å². The third-order valence-corrected chi connectivity index (χ3v) is 4.03. The zero-order valence-electron chi connectivity index (χ0n) is 11.6. The maximum Gasteiger partial charge on any atom is 0.246 e. The van der Waals surface area contributed by atoms with Gasteiger partial charge in [-0.25, -0.2) is 0 Å². The maximum absolute atomic E-state index is 11.2. The minimum Gasteiger partial charge on any atom is -0.496 e. The molecule has 1 aliphatic heterocycles. The molecular formula is C14H17Cl2NO3. The molecule has 110 valence electrons. The van der Waals surface area contributed by atoms with Crippen LogP contribution in [0.4, 0.5) is 0 Å². The van der Waals surface area contributed by atoms with Gasteiger partial charge in [0.05, 0.1) is 12.5 Å². The summed E-state index contributed by atoms with van der Waals surface area (Å²) in [4.78, 5) is 11.2. The summed E-state index contributed by atoms with van der Waals surface area (Å²) < 4.78 is 11.1. The first kappa shape index (κ1) is 15.4. The summed E-state index contributed by atoms with van der Waals surface area (Å²) in [5.74, 6) is 0.557. The number of carbonyl (C=O) groups is 1. The molecule has 1 aliphatic rings. The first-order valence-electron chi connectivity index (χ1n) is 6.35. The molecule has 1 N–H and O–H groups in total. The van der Waals surface area contributed by atoms with Gasteiger partial charge < -0.3 is 14.8 Å². The molecule has 1 aromatic carbocycles. The number of halogens is 2. The number of hydrogen-bond donors (Lipinski definition) is 1. The van der Waals surface area contributed by atoms with E-state index in [1.807, 2.05) is 19.9 Å². The van der Waals surface area contributed by atoms with Gasteiger partial charge in [0.15, 0.2) is 0 Å². The molecule has 0 radical (unpaired) electrons. The SMILES string of the molecule is COc1c(C(C)Cl)cc(Cl)c(C)c1C1CNC(=O)CO1. The molecule has 0 saturated carbocycles. The van der Waals surface area contributed by atoms with Gasteiger partial charge in [-0.2, -0.15) is 0 Å². The molecule has 4 nitrogen and oxygen atoms in total. The Bertz CT molecular complexity index is 522. The van der Waals surface area contributed by atoms with Crippen LogP contribution in [0, 0.1) is 6.92 Å². The van der Waals surface area contributed by atoms with Gasteiger partial charge in [0, 0.05) is 22.7 Å². The molecule has 0 spiro atoms. The maximum atomic E-state index is 11.2. The van der Waals surface area contributed by atoms with Crippen LogP contribution in [-0.4, -0.2) is 26.2 Å². The van der Waals surface area contributed by atoms with Crippen LogP contribution in [0.5, 0.6) is 5.75 Å². The third kappa shape index (κ3) is 2.87. The van der Waals surface area contributed by atoms with E-state index in [-0.39, 0.29) is 24.0 Å². The van der Waals surface area contributed by atoms with E-state index in [0.717, 1.165) is 16.7 Å². The fraction of sp³-hybridized carbons (Fsp3) is 0.500. The van der Waals surface area contributed by atoms with E-state index < -0.39 is 0 Å². The second-order valence-corrected chi connectivity index (χ2v) is 5.80. The van der Waals surface area contributed by atoms with Crippen LogP contribution in [0.15, 0.2) is 6.07 Å². The summed E-state index contributed by atoms with van der Waals surface area (Å²) in [5.41, 5.74) is 2.55. The van der Waals surface area contributed by atoms with Crippen LogP contribution in [0.2, 0.25) is 5.02 Å². The number of alkyl halides is 1. The number of amides is 1. The van der Waals surface area contributed by atoms with E-state index in [1.165, 1.54) is 0 Å². The summed E-state index contributed by atoms with van der Waals surface area (Å²) in [7, 11) is 1.59. The van der Waals surface area contributed by atoms with Crippen LogP contribution in [-0.2, 0) is 9.53 Å². The molecule has 0 aromatic heterocycles. The zero-order chi connectivity index (χ0) is 14.9. The van der Waals surface area contributed by atoms with Gasteiger partial charge in [-0.1, -0.05) is 11.6 Å². The molecular weight excluding hydrogens is 301 g/mol. The van der Waals surface area contributed by atoms with Crippen molar-refractivity contribution in [3.8, 4) is 5.75 Å². The van der Waals surface area contributed by atoms with Crippen molar-refractivity contribution in [2.75, 3.05) is 20.3 Å². The zero-order valence-corrected chi connectivity index (χ0v) is 13.1. The average Bonchev–Trinajstić information content (AvgIpc) is 2.42. The van der Waals surface area contributed by atoms with Gasteiger partial charge >= 0.3 is 0 Å². The fourth-order valence-electron chi connectivity index (χ4n) is 2.35. The second kappa shape index (κ2) is 6.20. The smallest absolute Gasteiger partial charge is 0.246 e. The van der Waals surface area contributed by atoms with Crippen molar-refractivity contribution in [3.05, 3.63) is 27.8 Å². The standard InChI is InChI=1S/C14H17Cl2NO3/c1-7-10(16)4-9(8(2)15)14(19-3)13(7)11-5-17-12(18)6-20-11/h4,8,11H,5-6H2,1-3H3,(H,17,18). The molecule has 0 bridgehead atoms. The highest BCUT2D eigenvalue weighted by Gasteiger charge is 2.28. The molecule has 20 heavy (non-hydrogen) atoms. The highest BCUT2D eigenvalue weighted by Crippen LogP contribution is 2.42. The lowest BCUT2D eigenvalue weighted by Crippen LogP contribution is -2.39. The molecule has 6 heteroatoms. The molecule has 1 saturated heterocycles. The van der Waals surface area contributed by atoms with Crippen molar-refractivity contribution in [1.82, 2.24) is 5.32 Å². The first-order chi connectivity index (χ1) is 9.45. The quantitative estimate of drug-likeness (QED) is 0.871. The van der Waals surface area contributed by atoms with Crippen molar-refractivity contribution >= 4 is 29.1 Å². The lowest BCUT2D eigenvalue weighted by molar-refractivity contribution is -0.133. The monoisotopic (exact) mass is 317 g/mol. The minimum atomic E-state index is -0.282. The van der Waals surface area contributed by atoms with Gasteiger partial charge in [-0.3, -0.25) is 4.79 Å². The van der Waals surface area contributed by atoms with Crippen LogP contribution in [0.1, 0.15) is 35.1 Å². The summed E-state index contributed by atoms with van der Waals surface area (Å²) >= 11 is 12.5. The Morgan fingerprint density at radius 1 is 1.55 bits per heavy atom. The van der Waals surface area contributed by atoms with Gasteiger partial charge in [0.1, 0.15) is 18.5 Å². The summed E-state index contributed by atoms with van der Waals surface area (Å²) in [6, 6.07) is 1.82. The summed E-state index contributed by atoms with van der Waals surface area (Å²) in [6.07, 6.45) is -0.282. The molecule has 2 unspecified atom stereocenters. The second-order valence-electron chi connectivity index (χ2n) is 4.74. The fourth-order valence-corrected chi connectivity index (χ4v) is 2.74. The predicted molar refractivity (Wildman–Crippen MR) is 78.7 cm³/mol. The lowest BCUT2D eigenvalue weighted by Gasteiger charge is -2.28. The van der Waals surface area contributed by atoms with E-state index in [2.05, 4.69) is 5.32 Å². The van der Waals surface area contributed by atoms with Gasteiger partial charge in [-0.15, -0.1) is 11.6 Å². The van der Waals surface area contributed by atoms with Crippen molar-refractivity contribution in [1.29, 1.82) is 0 Å². The van der Waals surface area contributed by atoms with Crippen LogP contribution < -0.4 is 10.1 Å². The Labute approximate surface area is 128 Å². The van der Waals surface area contributed by atoms with Crippen LogP contribution >= 0.6 is 23.2 Å². The molecule has 0 aliphatic carbocycles. The number of rotatable bonds is 3. The normalized spacial score (nSPS) is 20.4. The van der Waals surface area contributed by atoms with Crippen molar-refractivity contribution in [2.24, 2.45) is 0 Å². The Morgan fingerprint density at radius 2 is 2.25 bits per heavy atom. The predicted octanol–water partition coefficient (Wildman–Crippen LogP) is 3.14. The van der Waals surface area contributed by atoms with E-state index in [1.54, 1.807) is 7.11 Å². The largest absolute Gasteiger partial charge is 0.496 e. The topological polar surface area (TPSA) is 47.6 Å². The van der Waals surface area contributed by atoms with Crippen molar-refractivity contribution < 1.29 is 14.3 Å². The van der Waals surface area contributed by atoms with Gasteiger partial charge in [0.25, 0.3) is 0 Å². The van der Waals surface area contributed by atoms with E-state index in [9.17, 15) is 4.79 Å². The first-order valence-corrected chi connectivity index (χ1v) is 7.16. The summed E-state index contributed by atoms with van der Waals surface area (Å²) in [6.45, 7) is 4.19. The Morgan fingerprint density at radius 3 is 2.75 bits per heavy atom. The lowest BCUT2D eigenvalue weighted by atomic mass is 9.96. The van der Waals surface area contributed by atoms with Crippen molar-refractivity contribution in [2.45, 2.75) is 25.3 Å². The number of methoxy groups -OCH3 is 1. The molecule has 2 atom stereocenters. The highest BCUT2D eigenvalue weighted by molar-refractivity contribution is 6.31. The Balaban J connectivity index is 2.52. The number of benzene rings is 1.